The number of hydrogen-bond acceptors (Lipinski definition) is 3. The van der Waals surface area contributed by atoms with Crippen molar-refractivity contribution in [2.75, 3.05) is 0 Å². The molecule has 0 saturated heterocycles. The summed E-state index contributed by atoms with van der Waals surface area (Å²) in [5.41, 5.74) is 9.16. The number of fused-ring (bicyclic) bond motifs is 1. The number of amides is 1. The molecule has 2 aromatic rings. The number of nitrogens with two attached hydrogens (primary N) is 1. The van der Waals surface area contributed by atoms with Crippen molar-refractivity contribution in [2.45, 2.75) is 6.54 Å². The van der Waals surface area contributed by atoms with E-state index >= 15 is 0 Å². The number of carbonyl (C=O) groups excluding carboxylic acids is 1. The van der Waals surface area contributed by atoms with Gasteiger partial charge in [0.15, 0.2) is 0 Å². The second-order valence-electron chi connectivity index (χ2n) is 4.83. The summed E-state index contributed by atoms with van der Waals surface area (Å²) in [6, 6.07) is 11.7. The monoisotopic (exact) mass is 277 g/mol. The van der Waals surface area contributed by atoms with E-state index in [0.717, 1.165) is 5.56 Å². The van der Waals surface area contributed by atoms with Gasteiger partial charge >= 0.3 is 0 Å². The third-order valence-corrected chi connectivity index (χ3v) is 3.41. The number of pyridine rings is 1. The molecule has 1 aliphatic rings. The maximum absolute atomic E-state index is 11.7. The van der Waals surface area contributed by atoms with Gasteiger partial charge in [0, 0.05) is 31.3 Å². The van der Waals surface area contributed by atoms with E-state index in [4.69, 9.17) is 5.73 Å². The van der Waals surface area contributed by atoms with E-state index in [-0.39, 0.29) is 0 Å². The fourth-order valence-corrected chi connectivity index (χ4v) is 2.33. The van der Waals surface area contributed by atoms with Crippen LogP contribution in [0.5, 0.6) is 0 Å². The van der Waals surface area contributed by atoms with Gasteiger partial charge in [0.25, 0.3) is 5.91 Å². The predicted octanol–water partition coefficient (Wildman–Crippen LogP) is 2.39. The molecule has 0 atom stereocenters. The van der Waals surface area contributed by atoms with Gasteiger partial charge in [-0.05, 0) is 34.9 Å². The SMILES string of the molecule is NC(=O)C(=CN1C=Cc2ccccc2C1)c1ccncc1. The molecule has 0 bridgehead atoms. The molecule has 104 valence electrons. The molecule has 1 aromatic heterocycles. The number of carbonyl (C=O) groups is 1. The van der Waals surface area contributed by atoms with Gasteiger partial charge in [0.05, 0.1) is 5.57 Å². The highest BCUT2D eigenvalue weighted by molar-refractivity contribution is 6.18. The van der Waals surface area contributed by atoms with E-state index in [1.807, 2.05) is 29.3 Å². The van der Waals surface area contributed by atoms with E-state index in [0.29, 0.717) is 12.1 Å². The first-order valence-corrected chi connectivity index (χ1v) is 6.68. The molecular formula is C17H15N3O. The van der Waals surface area contributed by atoms with Crippen molar-refractivity contribution in [1.29, 1.82) is 0 Å². The van der Waals surface area contributed by atoms with Crippen LogP contribution in [0.3, 0.4) is 0 Å². The summed E-state index contributed by atoms with van der Waals surface area (Å²) in [4.78, 5) is 17.6. The van der Waals surface area contributed by atoms with E-state index in [1.54, 1.807) is 30.7 Å². The van der Waals surface area contributed by atoms with Crippen molar-refractivity contribution in [1.82, 2.24) is 9.88 Å². The quantitative estimate of drug-likeness (QED) is 0.876. The van der Waals surface area contributed by atoms with Gasteiger partial charge < -0.3 is 10.6 Å². The fourth-order valence-electron chi connectivity index (χ4n) is 2.33. The summed E-state index contributed by atoms with van der Waals surface area (Å²) in [6.07, 6.45) is 9.05. The van der Waals surface area contributed by atoms with Crippen LogP contribution >= 0.6 is 0 Å². The Morgan fingerprint density at radius 1 is 1.19 bits per heavy atom. The molecule has 0 unspecified atom stereocenters. The summed E-state index contributed by atoms with van der Waals surface area (Å²) in [6.45, 7) is 0.717. The first-order chi connectivity index (χ1) is 10.2. The van der Waals surface area contributed by atoms with Crippen molar-refractivity contribution < 1.29 is 4.79 Å². The standard InChI is InChI=1S/C17H15N3O/c18-17(21)16(14-5-8-19-9-6-14)12-20-10-7-13-3-1-2-4-15(13)11-20/h1-10,12H,11H2,(H2,18,21). The van der Waals surface area contributed by atoms with Gasteiger partial charge in [-0.1, -0.05) is 24.3 Å². The van der Waals surface area contributed by atoms with Crippen molar-refractivity contribution in [2.24, 2.45) is 5.73 Å². The molecule has 4 heteroatoms. The smallest absolute Gasteiger partial charge is 0.250 e. The number of aromatic nitrogens is 1. The summed E-state index contributed by atoms with van der Waals surface area (Å²) >= 11 is 0. The van der Waals surface area contributed by atoms with E-state index in [1.165, 1.54) is 11.1 Å². The van der Waals surface area contributed by atoms with E-state index < -0.39 is 5.91 Å². The van der Waals surface area contributed by atoms with E-state index in [2.05, 4.69) is 17.1 Å². The van der Waals surface area contributed by atoms with Crippen LogP contribution in [0, 0.1) is 0 Å². The van der Waals surface area contributed by atoms with Crippen LogP contribution in [0.2, 0.25) is 0 Å². The summed E-state index contributed by atoms with van der Waals surface area (Å²) < 4.78 is 0. The average molecular weight is 277 g/mol. The Bertz CT molecular complexity index is 720. The lowest BCUT2D eigenvalue weighted by Gasteiger charge is -2.22. The zero-order valence-electron chi connectivity index (χ0n) is 11.4. The van der Waals surface area contributed by atoms with Crippen molar-refractivity contribution in [3.8, 4) is 0 Å². The molecule has 0 spiro atoms. The zero-order chi connectivity index (χ0) is 14.7. The Balaban J connectivity index is 1.92. The highest BCUT2D eigenvalue weighted by Crippen LogP contribution is 2.22. The minimum absolute atomic E-state index is 0.451. The lowest BCUT2D eigenvalue weighted by atomic mass is 10.0. The minimum Gasteiger partial charge on any atom is -0.366 e. The molecule has 0 saturated carbocycles. The van der Waals surface area contributed by atoms with Crippen molar-refractivity contribution >= 4 is 17.6 Å². The molecular weight excluding hydrogens is 262 g/mol. The van der Waals surface area contributed by atoms with Crippen LogP contribution in [0.4, 0.5) is 0 Å². The molecule has 0 radical (unpaired) electrons. The van der Waals surface area contributed by atoms with Gasteiger partial charge in [-0.25, -0.2) is 0 Å². The molecule has 0 aliphatic carbocycles. The second-order valence-corrected chi connectivity index (χ2v) is 4.83. The number of primary amides is 1. The molecule has 4 nitrogen and oxygen atoms in total. The lowest BCUT2D eigenvalue weighted by molar-refractivity contribution is -0.112. The molecule has 2 heterocycles. The number of benzene rings is 1. The number of nitrogens with zero attached hydrogens (tertiary/aromatic N) is 2. The van der Waals surface area contributed by atoms with Crippen molar-refractivity contribution in [3.05, 3.63) is 77.9 Å². The molecule has 1 amide bonds. The molecule has 1 aromatic carbocycles. The Hall–Kier alpha value is -2.88. The summed E-state index contributed by atoms with van der Waals surface area (Å²) in [7, 11) is 0. The molecule has 2 N–H and O–H groups in total. The van der Waals surface area contributed by atoms with Gasteiger partial charge in [-0.3, -0.25) is 9.78 Å². The first-order valence-electron chi connectivity index (χ1n) is 6.68. The Morgan fingerprint density at radius 2 is 1.95 bits per heavy atom. The normalized spacial score (nSPS) is 13.9. The van der Waals surface area contributed by atoms with E-state index in [9.17, 15) is 4.79 Å². The van der Waals surface area contributed by atoms with Crippen molar-refractivity contribution in [3.63, 3.8) is 0 Å². The third kappa shape index (κ3) is 2.84. The fraction of sp³-hybridized carbons (Fsp3) is 0.0588. The van der Waals surface area contributed by atoms with Gasteiger partial charge in [-0.15, -0.1) is 0 Å². The lowest BCUT2D eigenvalue weighted by Crippen LogP contribution is -2.19. The van der Waals surface area contributed by atoms with Crippen LogP contribution < -0.4 is 5.73 Å². The topological polar surface area (TPSA) is 59.2 Å². The Morgan fingerprint density at radius 3 is 2.71 bits per heavy atom. The Labute approximate surface area is 123 Å². The Kier molecular flexibility index (Phi) is 3.51. The predicted molar refractivity (Wildman–Crippen MR) is 82.4 cm³/mol. The first kappa shape index (κ1) is 13.1. The minimum atomic E-state index is -0.451. The van der Waals surface area contributed by atoms with Gasteiger partial charge in [0.1, 0.15) is 0 Å². The maximum atomic E-state index is 11.7. The molecule has 0 fully saturated rings. The highest BCUT2D eigenvalue weighted by atomic mass is 16.1. The average Bonchev–Trinajstić information content (AvgIpc) is 2.53. The maximum Gasteiger partial charge on any atom is 0.250 e. The van der Waals surface area contributed by atoms with Gasteiger partial charge in [0.2, 0.25) is 0 Å². The second kappa shape index (κ2) is 5.63. The van der Waals surface area contributed by atoms with Crippen LogP contribution in [-0.2, 0) is 11.3 Å². The number of rotatable bonds is 3. The highest BCUT2D eigenvalue weighted by Gasteiger charge is 2.13. The van der Waals surface area contributed by atoms with Crippen LogP contribution in [0.15, 0.2) is 61.2 Å². The number of hydrogen-bond donors (Lipinski definition) is 1. The third-order valence-electron chi connectivity index (χ3n) is 3.41. The van der Waals surface area contributed by atoms with Crippen LogP contribution in [-0.4, -0.2) is 15.8 Å². The summed E-state index contributed by atoms with van der Waals surface area (Å²) in [5, 5.41) is 0. The van der Waals surface area contributed by atoms with Crippen LogP contribution in [0.25, 0.3) is 11.6 Å². The zero-order valence-corrected chi connectivity index (χ0v) is 11.4. The largest absolute Gasteiger partial charge is 0.366 e. The molecule has 21 heavy (non-hydrogen) atoms. The molecule has 1 aliphatic heterocycles. The molecule has 3 rings (SSSR count). The summed E-state index contributed by atoms with van der Waals surface area (Å²) in [5.74, 6) is -0.451. The van der Waals surface area contributed by atoms with Gasteiger partial charge in [-0.2, -0.15) is 0 Å². The van der Waals surface area contributed by atoms with Crippen LogP contribution in [0.1, 0.15) is 16.7 Å².